The van der Waals surface area contributed by atoms with Gasteiger partial charge in [-0.1, -0.05) is 19.3 Å². The van der Waals surface area contributed by atoms with Crippen LogP contribution in [0.4, 0.5) is 5.82 Å². The maximum Gasteiger partial charge on any atom is 0.341 e. The van der Waals surface area contributed by atoms with Crippen LogP contribution >= 0.6 is 0 Å². The first-order valence-corrected chi connectivity index (χ1v) is 12.2. The molecule has 28 heavy (non-hydrogen) atoms. The Morgan fingerprint density at radius 1 is 1.18 bits per heavy atom. The van der Waals surface area contributed by atoms with Gasteiger partial charge in [0.1, 0.15) is 11.4 Å². The second kappa shape index (κ2) is 9.22. The van der Waals surface area contributed by atoms with Crippen LogP contribution < -0.4 is 10.2 Å². The maximum absolute atomic E-state index is 12.3. The fraction of sp³-hybridized carbons (Fsp3) is 0.700. The predicted molar refractivity (Wildman–Crippen MR) is 109 cm³/mol. The van der Waals surface area contributed by atoms with Gasteiger partial charge in [0.2, 0.25) is 0 Å². The molecule has 156 valence electrons. The van der Waals surface area contributed by atoms with Gasteiger partial charge >= 0.3 is 5.97 Å². The number of carbonyl (C=O) groups excluding carboxylic acids is 1. The zero-order valence-corrected chi connectivity index (χ0v) is 17.6. The number of aromatic nitrogens is 1. The molecule has 1 N–H and O–H groups in total. The zero-order chi connectivity index (χ0) is 20.1. The van der Waals surface area contributed by atoms with Crippen LogP contribution in [0.1, 0.15) is 60.9 Å². The minimum atomic E-state index is -3.20. The summed E-state index contributed by atoms with van der Waals surface area (Å²) < 4.78 is 28.1. The van der Waals surface area contributed by atoms with Crippen LogP contribution in [0.5, 0.6) is 0 Å². The highest BCUT2D eigenvalue weighted by atomic mass is 32.2. The second-order valence-electron chi connectivity index (χ2n) is 8.04. The predicted octanol–water partition coefficient (Wildman–Crippen LogP) is 2.30. The van der Waals surface area contributed by atoms with Gasteiger partial charge in [0, 0.05) is 37.6 Å². The number of hydrogen-bond donors (Lipinski definition) is 1. The first kappa shape index (κ1) is 21.0. The van der Waals surface area contributed by atoms with E-state index in [-0.39, 0.29) is 5.75 Å². The Balaban J connectivity index is 1.68. The standard InChI is InChI=1S/C20H31N3O4S/c1-27-20(24)18-12-15(14-28(2,25)26)13-21-19(18)23-10-8-17(9-11-23)22-16-6-4-3-5-7-16/h12-13,16-17,22H,3-11,14H2,1-2H3. The topological polar surface area (TPSA) is 88.6 Å². The molecule has 2 heterocycles. The van der Waals surface area contributed by atoms with Crippen LogP contribution in [0.15, 0.2) is 12.3 Å². The Morgan fingerprint density at radius 2 is 1.82 bits per heavy atom. The van der Waals surface area contributed by atoms with E-state index in [1.165, 1.54) is 45.5 Å². The normalized spacial score (nSPS) is 19.6. The number of nitrogens with zero attached hydrogens (tertiary/aromatic N) is 2. The molecule has 1 aromatic rings. The monoisotopic (exact) mass is 409 g/mol. The van der Waals surface area contributed by atoms with Gasteiger partial charge in [-0.25, -0.2) is 18.2 Å². The number of piperidine rings is 1. The molecule has 0 amide bonds. The summed E-state index contributed by atoms with van der Waals surface area (Å²) in [5.74, 6) is -0.0435. The van der Waals surface area contributed by atoms with E-state index in [1.807, 2.05) is 0 Å². The highest BCUT2D eigenvalue weighted by Gasteiger charge is 2.26. The SMILES string of the molecule is COC(=O)c1cc(CS(C)(=O)=O)cnc1N1CCC(NC2CCCCC2)CC1. The number of pyridine rings is 1. The first-order chi connectivity index (χ1) is 13.4. The molecule has 0 radical (unpaired) electrons. The molecular formula is C20H31N3O4S. The highest BCUT2D eigenvalue weighted by molar-refractivity contribution is 7.89. The van der Waals surface area contributed by atoms with E-state index >= 15 is 0 Å². The van der Waals surface area contributed by atoms with Crippen molar-refractivity contribution in [3.05, 3.63) is 23.4 Å². The first-order valence-electron chi connectivity index (χ1n) is 10.1. The van der Waals surface area contributed by atoms with Crippen molar-refractivity contribution in [1.82, 2.24) is 10.3 Å². The number of methoxy groups -OCH3 is 1. The molecule has 7 nitrogen and oxygen atoms in total. The Morgan fingerprint density at radius 3 is 2.43 bits per heavy atom. The molecule has 0 atom stereocenters. The molecule has 1 saturated heterocycles. The average Bonchev–Trinajstić information content (AvgIpc) is 2.67. The summed E-state index contributed by atoms with van der Waals surface area (Å²) in [4.78, 5) is 18.8. The quantitative estimate of drug-likeness (QED) is 0.721. The number of hydrogen-bond acceptors (Lipinski definition) is 7. The van der Waals surface area contributed by atoms with Gasteiger partial charge in [-0.05, 0) is 37.3 Å². The summed E-state index contributed by atoms with van der Waals surface area (Å²) in [5, 5.41) is 3.81. The van der Waals surface area contributed by atoms with Crippen molar-refractivity contribution in [2.24, 2.45) is 0 Å². The van der Waals surface area contributed by atoms with Crippen molar-refractivity contribution in [1.29, 1.82) is 0 Å². The molecule has 0 bridgehead atoms. The number of rotatable bonds is 6. The van der Waals surface area contributed by atoms with Gasteiger partial charge in [-0.3, -0.25) is 0 Å². The van der Waals surface area contributed by atoms with Crippen LogP contribution in [0.2, 0.25) is 0 Å². The summed E-state index contributed by atoms with van der Waals surface area (Å²) in [6.45, 7) is 1.62. The molecule has 8 heteroatoms. The summed E-state index contributed by atoms with van der Waals surface area (Å²) in [7, 11) is -1.87. The molecule has 1 aliphatic carbocycles. The molecule has 1 aromatic heterocycles. The molecule has 1 saturated carbocycles. The molecule has 1 aliphatic heterocycles. The van der Waals surface area contributed by atoms with E-state index in [4.69, 9.17) is 4.74 Å². The molecular weight excluding hydrogens is 378 g/mol. The fourth-order valence-corrected chi connectivity index (χ4v) is 5.02. The fourth-order valence-electron chi connectivity index (χ4n) is 4.26. The number of carbonyl (C=O) groups is 1. The Labute approximate surface area is 167 Å². The molecule has 0 unspecified atom stereocenters. The van der Waals surface area contributed by atoms with E-state index < -0.39 is 15.8 Å². The van der Waals surface area contributed by atoms with Crippen molar-refractivity contribution in [2.75, 3.05) is 31.4 Å². The van der Waals surface area contributed by atoms with Crippen molar-refractivity contribution in [3.8, 4) is 0 Å². The van der Waals surface area contributed by atoms with Crippen LogP contribution in [0.3, 0.4) is 0 Å². The lowest BCUT2D eigenvalue weighted by molar-refractivity contribution is 0.0600. The van der Waals surface area contributed by atoms with Crippen LogP contribution in [0.25, 0.3) is 0 Å². The van der Waals surface area contributed by atoms with Gasteiger partial charge in [0.15, 0.2) is 9.84 Å². The number of sulfone groups is 1. The summed E-state index contributed by atoms with van der Waals surface area (Å²) in [6, 6.07) is 2.75. The van der Waals surface area contributed by atoms with Gasteiger partial charge in [0.05, 0.1) is 12.9 Å². The number of anilines is 1. The lowest BCUT2D eigenvalue weighted by atomic mass is 9.93. The highest BCUT2D eigenvalue weighted by Crippen LogP contribution is 2.25. The summed E-state index contributed by atoms with van der Waals surface area (Å²) >= 11 is 0. The van der Waals surface area contributed by atoms with Gasteiger partial charge in [0.25, 0.3) is 0 Å². The van der Waals surface area contributed by atoms with Crippen molar-refractivity contribution in [2.45, 2.75) is 62.8 Å². The van der Waals surface area contributed by atoms with E-state index in [9.17, 15) is 13.2 Å². The van der Waals surface area contributed by atoms with Crippen molar-refractivity contribution in [3.63, 3.8) is 0 Å². The minimum absolute atomic E-state index is 0.141. The third kappa shape index (κ3) is 5.67. The number of esters is 1. The van der Waals surface area contributed by atoms with Crippen LogP contribution in [0, 0.1) is 0 Å². The van der Waals surface area contributed by atoms with Gasteiger partial charge in [-0.15, -0.1) is 0 Å². The Bertz CT molecular complexity index is 783. The second-order valence-corrected chi connectivity index (χ2v) is 10.2. The van der Waals surface area contributed by atoms with E-state index in [0.717, 1.165) is 25.9 Å². The molecule has 2 fully saturated rings. The molecule has 0 spiro atoms. The lowest BCUT2D eigenvalue weighted by Gasteiger charge is -2.36. The van der Waals surface area contributed by atoms with E-state index in [1.54, 1.807) is 12.3 Å². The van der Waals surface area contributed by atoms with Crippen molar-refractivity contribution < 1.29 is 17.9 Å². The number of nitrogens with one attached hydrogen (secondary N) is 1. The average molecular weight is 410 g/mol. The molecule has 0 aromatic carbocycles. The van der Waals surface area contributed by atoms with Gasteiger partial charge in [-0.2, -0.15) is 0 Å². The Hall–Kier alpha value is -1.67. The van der Waals surface area contributed by atoms with Gasteiger partial charge < -0.3 is 15.0 Å². The van der Waals surface area contributed by atoms with Crippen molar-refractivity contribution >= 4 is 21.6 Å². The number of ether oxygens (including phenoxy) is 1. The van der Waals surface area contributed by atoms with E-state index in [0.29, 0.717) is 29.0 Å². The van der Waals surface area contributed by atoms with E-state index in [2.05, 4.69) is 15.2 Å². The largest absolute Gasteiger partial charge is 0.465 e. The molecule has 3 rings (SSSR count). The van der Waals surface area contributed by atoms with Crippen LogP contribution in [-0.4, -0.2) is 57.9 Å². The summed E-state index contributed by atoms with van der Waals surface area (Å²) in [6.07, 6.45) is 11.3. The third-order valence-corrected chi connectivity index (χ3v) is 6.49. The minimum Gasteiger partial charge on any atom is -0.465 e. The third-order valence-electron chi connectivity index (χ3n) is 5.63. The lowest BCUT2D eigenvalue weighted by Crippen LogP contribution is -2.47. The smallest absolute Gasteiger partial charge is 0.341 e. The zero-order valence-electron chi connectivity index (χ0n) is 16.8. The molecule has 2 aliphatic rings. The summed E-state index contributed by atoms with van der Waals surface area (Å²) in [5.41, 5.74) is 0.836. The maximum atomic E-state index is 12.3. The van der Waals surface area contributed by atoms with Crippen LogP contribution in [-0.2, 0) is 20.3 Å². The Kier molecular flexibility index (Phi) is 6.93.